The maximum Gasteiger partial charge on any atom is 0.308 e. The van der Waals surface area contributed by atoms with E-state index >= 15 is 0 Å². The molecule has 1 atom stereocenters. The Hall–Kier alpha value is -2.68. The number of hydrogen-bond acceptors (Lipinski definition) is 6. The first-order valence-corrected chi connectivity index (χ1v) is 9.15. The predicted molar refractivity (Wildman–Crippen MR) is 102 cm³/mol. The van der Waals surface area contributed by atoms with Gasteiger partial charge in [0, 0.05) is 18.7 Å². The summed E-state index contributed by atoms with van der Waals surface area (Å²) in [5, 5.41) is 5.40. The van der Waals surface area contributed by atoms with Gasteiger partial charge >= 0.3 is 5.97 Å². The zero-order valence-electron chi connectivity index (χ0n) is 15.3. The van der Waals surface area contributed by atoms with Gasteiger partial charge in [-0.3, -0.25) is 19.7 Å². The Morgan fingerprint density at radius 2 is 2.11 bits per heavy atom. The van der Waals surface area contributed by atoms with Gasteiger partial charge in [-0.15, -0.1) is 0 Å². The van der Waals surface area contributed by atoms with Gasteiger partial charge in [-0.25, -0.2) is 0 Å². The lowest BCUT2D eigenvalue weighted by molar-refractivity contribution is -0.147. The van der Waals surface area contributed by atoms with Crippen LogP contribution in [0.1, 0.15) is 30.6 Å². The SMILES string of the molecule is CCOC(=O)C[C@H]1C(=O)NCCN1C(=S)NC(=O)c1cccc(OCC)c1. The summed E-state index contributed by atoms with van der Waals surface area (Å²) in [7, 11) is 0. The molecule has 2 N–H and O–H groups in total. The lowest BCUT2D eigenvalue weighted by Gasteiger charge is -2.36. The second-order valence-corrected chi connectivity index (χ2v) is 6.12. The van der Waals surface area contributed by atoms with Crippen LogP contribution in [0, 0.1) is 0 Å². The van der Waals surface area contributed by atoms with Crippen molar-refractivity contribution >= 4 is 35.1 Å². The van der Waals surface area contributed by atoms with E-state index in [4.69, 9.17) is 21.7 Å². The van der Waals surface area contributed by atoms with E-state index < -0.39 is 17.9 Å². The Bertz CT molecular complexity index is 725. The van der Waals surface area contributed by atoms with Gasteiger partial charge in [0.05, 0.1) is 19.6 Å². The number of carbonyl (C=O) groups is 3. The van der Waals surface area contributed by atoms with Gasteiger partial charge in [-0.1, -0.05) is 6.07 Å². The van der Waals surface area contributed by atoms with E-state index in [2.05, 4.69) is 10.6 Å². The van der Waals surface area contributed by atoms with Crippen LogP contribution >= 0.6 is 12.2 Å². The molecule has 146 valence electrons. The van der Waals surface area contributed by atoms with E-state index in [-0.39, 0.29) is 24.0 Å². The first kappa shape index (κ1) is 20.6. The molecule has 0 aliphatic carbocycles. The summed E-state index contributed by atoms with van der Waals surface area (Å²) in [4.78, 5) is 38.0. The quantitative estimate of drug-likeness (QED) is 0.546. The summed E-state index contributed by atoms with van der Waals surface area (Å²) in [6, 6.07) is 5.89. The Kier molecular flexibility index (Phi) is 7.54. The molecule has 2 rings (SSSR count). The summed E-state index contributed by atoms with van der Waals surface area (Å²) < 4.78 is 10.3. The molecule has 1 heterocycles. The van der Waals surface area contributed by atoms with Crippen LogP contribution in [0.25, 0.3) is 0 Å². The predicted octanol–water partition coefficient (Wildman–Crippen LogP) is 0.854. The average Bonchev–Trinajstić information content (AvgIpc) is 2.64. The second-order valence-electron chi connectivity index (χ2n) is 5.73. The normalized spacial score (nSPS) is 16.3. The van der Waals surface area contributed by atoms with Crippen LogP contribution in [-0.4, -0.2) is 60.1 Å². The fourth-order valence-corrected chi connectivity index (χ4v) is 2.98. The van der Waals surface area contributed by atoms with Crippen LogP contribution in [0.4, 0.5) is 0 Å². The molecule has 27 heavy (non-hydrogen) atoms. The van der Waals surface area contributed by atoms with Crippen molar-refractivity contribution < 1.29 is 23.9 Å². The van der Waals surface area contributed by atoms with Gasteiger partial charge in [0.15, 0.2) is 5.11 Å². The van der Waals surface area contributed by atoms with E-state index in [1.54, 1.807) is 31.2 Å². The Balaban J connectivity index is 2.07. The fourth-order valence-electron chi connectivity index (χ4n) is 2.67. The highest BCUT2D eigenvalue weighted by Gasteiger charge is 2.34. The standard InChI is InChI=1S/C18H23N3O5S/c1-3-25-13-7-5-6-12(10-13)16(23)20-18(27)21-9-8-19-17(24)14(21)11-15(22)26-4-2/h5-7,10,14H,3-4,8-9,11H2,1-2H3,(H,19,24)(H,20,23,27)/t14-/m0/s1. The molecule has 0 bridgehead atoms. The molecule has 1 aromatic carbocycles. The average molecular weight is 393 g/mol. The van der Waals surface area contributed by atoms with E-state index in [0.717, 1.165) is 0 Å². The van der Waals surface area contributed by atoms with Gasteiger partial charge in [0.25, 0.3) is 5.91 Å². The van der Waals surface area contributed by atoms with Crippen LogP contribution in [-0.2, 0) is 14.3 Å². The number of esters is 1. The van der Waals surface area contributed by atoms with Crippen molar-refractivity contribution in [3.63, 3.8) is 0 Å². The first-order valence-electron chi connectivity index (χ1n) is 8.74. The van der Waals surface area contributed by atoms with Crippen molar-refractivity contribution in [2.75, 3.05) is 26.3 Å². The number of thiocarbonyl (C=S) groups is 1. The molecule has 1 fully saturated rings. The van der Waals surface area contributed by atoms with Gasteiger partial charge in [-0.05, 0) is 44.3 Å². The number of nitrogens with one attached hydrogen (secondary N) is 2. The number of amides is 2. The Labute approximate surface area is 163 Å². The molecular weight excluding hydrogens is 370 g/mol. The van der Waals surface area contributed by atoms with Gasteiger partial charge < -0.3 is 19.7 Å². The molecule has 0 spiro atoms. The minimum Gasteiger partial charge on any atom is -0.494 e. The van der Waals surface area contributed by atoms with Crippen LogP contribution in [0.15, 0.2) is 24.3 Å². The third-order valence-corrected chi connectivity index (χ3v) is 4.22. The highest BCUT2D eigenvalue weighted by atomic mass is 32.1. The molecule has 1 aromatic rings. The highest BCUT2D eigenvalue weighted by Crippen LogP contribution is 2.14. The van der Waals surface area contributed by atoms with Crippen molar-refractivity contribution in [2.24, 2.45) is 0 Å². The van der Waals surface area contributed by atoms with E-state index in [0.29, 0.717) is 31.0 Å². The number of hydrogen-bond donors (Lipinski definition) is 2. The minimum absolute atomic E-state index is 0.0889. The smallest absolute Gasteiger partial charge is 0.308 e. The van der Waals surface area contributed by atoms with Crippen molar-refractivity contribution in [2.45, 2.75) is 26.3 Å². The maximum atomic E-state index is 12.5. The summed E-state index contributed by atoms with van der Waals surface area (Å²) >= 11 is 5.31. The number of piperazine rings is 1. The van der Waals surface area contributed by atoms with Crippen LogP contribution < -0.4 is 15.4 Å². The lowest BCUT2D eigenvalue weighted by atomic mass is 10.1. The molecule has 2 amide bonds. The van der Waals surface area contributed by atoms with E-state index in [1.807, 2.05) is 6.92 Å². The number of nitrogens with zero attached hydrogens (tertiary/aromatic N) is 1. The summed E-state index contributed by atoms with van der Waals surface area (Å²) in [5.41, 5.74) is 0.381. The zero-order chi connectivity index (χ0) is 19.8. The summed E-state index contributed by atoms with van der Waals surface area (Å²) in [6.45, 7) is 5.01. The second kappa shape index (κ2) is 9.86. The van der Waals surface area contributed by atoms with E-state index in [9.17, 15) is 14.4 Å². The molecule has 1 aliphatic heterocycles. The Morgan fingerprint density at radius 1 is 1.33 bits per heavy atom. The van der Waals surface area contributed by atoms with E-state index in [1.165, 1.54) is 4.90 Å². The molecule has 0 aromatic heterocycles. The molecule has 9 heteroatoms. The molecule has 8 nitrogen and oxygen atoms in total. The third kappa shape index (κ3) is 5.65. The van der Waals surface area contributed by atoms with Crippen LogP contribution in [0.2, 0.25) is 0 Å². The first-order chi connectivity index (χ1) is 13.0. The summed E-state index contributed by atoms with van der Waals surface area (Å²) in [5.74, 6) is -0.664. The highest BCUT2D eigenvalue weighted by molar-refractivity contribution is 7.80. The van der Waals surface area contributed by atoms with Gasteiger partial charge in [0.2, 0.25) is 5.91 Å². The lowest BCUT2D eigenvalue weighted by Crippen LogP contribution is -2.60. The largest absolute Gasteiger partial charge is 0.494 e. The van der Waals surface area contributed by atoms with Crippen molar-refractivity contribution in [1.29, 1.82) is 0 Å². The van der Waals surface area contributed by atoms with Gasteiger partial charge in [-0.2, -0.15) is 0 Å². The zero-order valence-corrected chi connectivity index (χ0v) is 16.1. The molecular formula is C18H23N3O5S. The molecule has 0 saturated carbocycles. The molecule has 1 saturated heterocycles. The van der Waals surface area contributed by atoms with Crippen LogP contribution in [0.5, 0.6) is 5.75 Å². The number of ether oxygens (including phenoxy) is 2. The topological polar surface area (TPSA) is 97.0 Å². The monoisotopic (exact) mass is 393 g/mol. The van der Waals surface area contributed by atoms with Gasteiger partial charge in [0.1, 0.15) is 11.8 Å². The molecule has 0 unspecified atom stereocenters. The third-order valence-electron chi connectivity index (χ3n) is 3.88. The number of carbonyl (C=O) groups excluding carboxylic acids is 3. The fraction of sp³-hybridized carbons (Fsp3) is 0.444. The Morgan fingerprint density at radius 3 is 2.81 bits per heavy atom. The number of rotatable bonds is 6. The number of benzene rings is 1. The molecule has 1 aliphatic rings. The minimum atomic E-state index is -0.819. The van der Waals surface area contributed by atoms with Crippen LogP contribution in [0.3, 0.4) is 0 Å². The van der Waals surface area contributed by atoms with Crippen molar-refractivity contribution in [3.8, 4) is 5.75 Å². The van der Waals surface area contributed by atoms with Crippen molar-refractivity contribution in [3.05, 3.63) is 29.8 Å². The van der Waals surface area contributed by atoms with Crippen molar-refractivity contribution in [1.82, 2.24) is 15.5 Å². The molecule has 0 radical (unpaired) electrons. The summed E-state index contributed by atoms with van der Waals surface area (Å²) in [6.07, 6.45) is -0.143. The maximum absolute atomic E-state index is 12.5.